The number of carboxylic acids is 1. The number of benzene rings is 1. The lowest BCUT2D eigenvalue weighted by Gasteiger charge is -2.29. The van der Waals surface area contributed by atoms with E-state index in [1.165, 1.54) is 5.56 Å². The normalized spacial score (nSPS) is 14.6. The summed E-state index contributed by atoms with van der Waals surface area (Å²) in [6, 6.07) is 3.74. The van der Waals surface area contributed by atoms with Crippen molar-refractivity contribution >= 4 is 41.6 Å². The van der Waals surface area contributed by atoms with Crippen LogP contribution in [0, 0.1) is 0 Å². The number of halogens is 3. The molecule has 0 spiro atoms. The second-order valence-electron chi connectivity index (χ2n) is 4.55. The fraction of sp³-hybridized carbons (Fsp3) is 0.462. The molecule has 0 bridgehead atoms. The highest BCUT2D eigenvalue weighted by atomic mass is 35.5. The smallest absolute Gasteiger partial charge is 0.303 e. The minimum Gasteiger partial charge on any atom is -0.481 e. The number of rotatable bonds is 4. The molecule has 0 aliphatic carbocycles. The molecule has 1 aromatic carbocycles. The number of nitrogens with zero attached hydrogens (tertiary/aromatic N) is 1. The van der Waals surface area contributed by atoms with Gasteiger partial charge in [-0.3, -0.25) is 9.69 Å². The van der Waals surface area contributed by atoms with Crippen LogP contribution in [0.5, 0.6) is 0 Å². The van der Waals surface area contributed by atoms with Crippen molar-refractivity contribution in [2.45, 2.75) is 25.8 Å². The van der Waals surface area contributed by atoms with Crippen LogP contribution in [0.3, 0.4) is 0 Å². The molecule has 1 aliphatic heterocycles. The molecular weight excluding hydrogens is 309 g/mol. The largest absolute Gasteiger partial charge is 0.481 e. The molecule has 0 unspecified atom stereocenters. The number of aliphatic carboxylic acids is 1. The third-order valence-corrected chi connectivity index (χ3v) is 3.75. The van der Waals surface area contributed by atoms with E-state index in [1.54, 1.807) is 6.07 Å². The molecule has 1 aromatic rings. The van der Waals surface area contributed by atoms with Crippen LogP contribution in [0.1, 0.15) is 24.0 Å². The molecule has 1 N–H and O–H groups in total. The van der Waals surface area contributed by atoms with Gasteiger partial charge in [-0.2, -0.15) is 0 Å². The minimum absolute atomic E-state index is 0. The highest BCUT2D eigenvalue weighted by Crippen LogP contribution is 2.29. The number of carbonyl (C=O) groups is 1. The van der Waals surface area contributed by atoms with Crippen LogP contribution in [-0.4, -0.2) is 29.1 Å². The zero-order valence-corrected chi connectivity index (χ0v) is 12.7. The fourth-order valence-corrected chi connectivity index (χ4v) is 2.88. The molecule has 1 heterocycles. The van der Waals surface area contributed by atoms with Crippen molar-refractivity contribution in [2.24, 2.45) is 0 Å². The molecule has 6 heteroatoms. The van der Waals surface area contributed by atoms with Crippen LogP contribution >= 0.6 is 35.6 Å². The molecule has 0 saturated heterocycles. The van der Waals surface area contributed by atoms with Gasteiger partial charge in [0.25, 0.3) is 0 Å². The lowest BCUT2D eigenvalue weighted by Crippen LogP contribution is -2.31. The second-order valence-corrected chi connectivity index (χ2v) is 5.39. The zero-order chi connectivity index (χ0) is 13.1. The molecule has 1 aliphatic rings. The molecule has 19 heavy (non-hydrogen) atoms. The van der Waals surface area contributed by atoms with Gasteiger partial charge in [-0.15, -0.1) is 12.4 Å². The first kappa shape index (κ1) is 16.6. The maximum atomic E-state index is 10.5. The van der Waals surface area contributed by atoms with Gasteiger partial charge in [-0.1, -0.05) is 23.2 Å². The zero-order valence-electron chi connectivity index (χ0n) is 10.4. The minimum atomic E-state index is -0.739. The van der Waals surface area contributed by atoms with E-state index in [9.17, 15) is 4.79 Å². The molecule has 3 nitrogen and oxygen atoms in total. The summed E-state index contributed by atoms with van der Waals surface area (Å²) in [6.07, 6.45) is 1.82. The van der Waals surface area contributed by atoms with Crippen molar-refractivity contribution in [2.75, 3.05) is 13.1 Å². The third kappa shape index (κ3) is 4.53. The molecular formula is C13H16Cl3NO2. The van der Waals surface area contributed by atoms with Crippen LogP contribution in [0.15, 0.2) is 12.1 Å². The van der Waals surface area contributed by atoms with E-state index < -0.39 is 5.97 Å². The Kier molecular flexibility index (Phi) is 6.40. The molecule has 0 radical (unpaired) electrons. The van der Waals surface area contributed by atoms with Gasteiger partial charge in [0, 0.05) is 29.6 Å². The van der Waals surface area contributed by atoms with Gasteiger partial charge in [0.1, 0.15) is 0 Å². The first-order valence-corrected chi connectivity index (χ1v) is 6.73. The SMILES string of the molecule is Cl.O=C(O)CCCN1CCc2cc(Cl)cc(Cl)c2C1. The maximum Gasteiger partial charge on any atom is 0.303 e. The van der Waals surface area contributed by atoms with E-state index in [2.05, 4.69) is 4.90 Å². The summed E-state index contributed by atoms with van der Waals surface area (Å²) >= 11 is 12.2. The highest BCUT2D eigenvalue weighted by Gasteiger charge is 2.19. The van der Waals surface area contributed by atoms with Crippen LogP contribution < -0.4 is 0 Å². The predicted molar refractivity (Wildman–Crippen MR) is 79.6 cm³/mol. The Morgan fingerprint density at radius 3 is 2.79 bits per heavy atom. The summed E-state index contributed by atoms with van der Waals surface area (Å²) in [4.78, 5) is 12.7. The molecule has 0 amide bonds. The monoisotopic (exact) mass is 323 g/mol. The van der Waals surface area contributed by atoms with Gasteiger partial charge in [0.2, 0.25) is 0 Å². The van der Waals surface area contributed by atoms with Gasteiger partial charge in [-0.05, 0) is 42.6 Å². The average molecular weight is 325 g/mol. The maximum absolute atomic E-state index is 10.5. The number of fused-ring (bicyclic) bond motifs is 1. The molecule has 2 rings (SSSR count). The third-order valence-electron chi connectivity index (χ3n) is 3.20. The molecule has 0 aromatic heterocycles. The summed E-state index contributed by atoms with van der Waals surface area (Å²) in [5.74, 6) is -0.739. The van der Waals surface area contributed by atoms with Crippen molar-refractivity contribution in [1.29, 1.82) is 0 Å². The van der Waals surface area contributed by atoms with E-state index in [0.717, 1.165) is 31.6 Å². The van der Waals surface area contributed by atoms with Crippen LogP contribution in [-0.2, 0) is 17.8 Å². The lowest BCUT2D eigenvalue weighted by molar-refractivity contribution is -0.137. The van der Waals surface area contributed by atoms with Gasteiger partial charge in [0.05, 0.1) is 0 Å². The van der Waals surface area contributed by atoms with Crippen molar-refractivity contribution in [3.05, 3.63) is 33.3 Å². The second kappa shape index (κ2) is 7.34. The lowest BCUT2D eigenvalue weighted by atomic mass is 9.99. The van der Waals surface area contributed by atoms with Gasteiger partial charge < -0.3 is 5.11 Å². The summed E-state index contributed by atoms with van der Waals surface area (Å²) in [5.41, 5.74) is 2.34. The Labute approximate surface area is 128 Å². The molecule has 0 saturated carbocycles. The van der Waals surface area contributed by atoms with E-state index in [-0.39, 0.29) is 18.8 Å². The Hall–Kier alpha value is -0.480. The first-order valence-electron chi connectivity index (χ1n) is 5.97. The molecule has 0 atom stereocenters. The topological polar surface area (TPSA) is 40.5 Å². The van der Waals surface area contributed by atoms with Crippen molar-refractivity contribution in [3.63, 3.8) is 0 Å². The fourth-order valence-electron chi connectivity index (χ4n) is 2.28. The van der Waals surface area contributed by atoms with Gasteiger partial charge >= 0.3 is 5.97 Å². The van der Waals surface area contributed by atoms with Crippen LogP contribution in [0.25, 0.3) is 0 Å². The van der Waals surface area contributed by atoms with E-state index >= 15 is 0 Å². The Bertz CT molecular complexity index is 465. The average Bonchev–Trinajstić information content (AvgIpc) is 2.29. The van der Waals surface area contributed by atoms with Crippen molar-refractivity contribution < 1.29 is 9.90 Å². The van der Waals surface area contributed by atoms with Gasteiger partial charge in [0.15, 0.2) is 0 Å². The summed E-state index contributed by atoms with van der Waals surface area (Å²) in [5, 5.41) is 10.0. The highest BCUT2D eigenvalue weighted by molar-refractivity contribution is 6.35. The van der Waals surface area contributed by atoms with Crippen LogP contribution in [0.4, 0.5) is 0 Å². The molecule has 0 fully saturated rings. The predicted octanol–water partition coefficient (Wildman–Crippen LogP) is 3.64. The van der Waals surface area contributed by atoms with E-state index in [1.807, 2.05) is 6.07 Å². The Balaban J connectivity index is 0.00000180. The van der Waals surface area contributed by atoms with E-state index in [4.69, 9.17) is 28.3 Å². The van der Waals surface area contributed by atoms with Gasteiger partial charge in [-0.25, -0.2) is 0 Å². The number of hydrogen-bond acceptors (Lipinski definition) is 2. The summed E-state index contributed by atoms with van der Waals surface area (Å²) in [7, 11) is 0. The number of hydrogen-bond donors (Lipinski definition) is 1. The standard InChI is InChI=1S/C13H15Cl2NO2.ClH/c14-10-6-9-3-5-16(4-1-2-13(17)18)8-11(9)12(15)7-10;/h6-7H,1-5,8H2,(H,17,18);1H. The van der Waals surface area contributed by atoms with Crippen LogP contribution in [0.2, 0.25) is 10.0 Å². The Morgan fingerprint density at radius 1 is 1.37 bits per heavy atom. The molecule has 106 valence electrons. The van der Waals surface area contributed by atoms with E-state index in [0.29, 0.717) is 16.5 Å². The summed E-state index contributed by atoms with van der Waals surface area (Å²) in [6.45, 7) is 2.51. The number of carboxylic acid groups (broad SMARTS) is 1. The van der Waals surface area contributed by atoms with Crippen molar-refractivity contribution in [1.82, 2.24) is 4.90 Å². The first-order chi connectivity index (χ1) is 8.56. The summed E-state index contributed by atoms with van der Waals surface area (Å²) < 4.78 is 0. The quantitative estimate of drug-likeness (QED) is 0.919. The Morgan fingerprint density at radius 2 is 2.11 bits per heavy atom. The van der Waals surface area contributed by atoms with Crippen molar-refractivity contribution in [3.8, 4) is 0 Å².